The fraction of sp³-hybridized carbons (Fsp3) is 0.500. The molecule has 4 fully saturated rings. The third-order valence-corrected chi connectivity index (χ3v) is 16.0. The molecule has 3 aliphatic carbocycles. The number of benzene rings is 2. The fourth-order valence-corrected chi connectivity index (χ4v) is 11.4. The molecule has 2 amide bonds. The van der Waals surface area contributed by atoms with Crippen LogP contribution in [0.25, 0.3) is 33.6 Å². The van der Waals surface area contributed by atoms with Crippen molar-refractivity contribution in [1.82, 2.24) is 29.7 Å². The van der Waals surface area contributed by atoms with Crippen LogP contribution in [0, 0.1) is 11.8 Å². The number of aromatic amines is 2. The van der Waals surface area contributed by atoms with Crippen LogP contribution in [0.15, 0.2) is 48.8 Å². The number of H-pyrrole nitrogens is 2. The van der Waals surface area contributed by atoms with Crippen molar-refractivity contribution in [2.75, 3.05) is 6.66 Å². The molecule has 9 atom stereocenters. The zero-order valence-electron chi connectivity index (χ0n) is 31.9. The van der Waals surface area contributed by atoms with E-state index in [2.05, 4.69) is 82.4 Å². The Balaban J connectivity index is 0.940. The van der Waals surface area contributed by atoms with Crippen LogP contribution in [0.1, 0.15) is 113 Å². The summed E-state index contributed by atoms with van der Waals surface area (Å²) < 4.78 is 0. The number of carbonyl (C=O) groups excluding carboxylic acids is 2. The van der Waals surface area contributed by atoms with E-state index in [4.69, 9.17) is 9.97 Å². The first-order valence-corrected chi connectivity index (χ1v) is 23.4. The van der Waals surface area contributed by atoms with Gasteiger partial charge in [-0.05, 0) is 116 Å². The Hall–Kier alpha value is -3.86. The van der Waals surface area contributed by atoms with E-state index < -0.39 is 7.55 Å². The molecule has 2 saturated carbocycles. The molecular formula is C44H53N6O2P2+. The number of imidazole rings is 2. The lowest BCUT2D eigenvalue weighted by Gasteiger charge is -2.34. The molecule has 280 valence electrons. The molecule has 10 heteroatoms. The Kier molecular flexibility index (Phi) is 9.51. The predicted molar refractivity (Wildman–Crippen MR) is 223 cm³/mol. The summed E-state index contributed by atoms with van der Waals surface area (Å²) in [6, 6.07) is 14.1. The number of hydrogen-bond donors (Lipinski definition) is 2. The molecule has 5 aliphatic rings. The van der Waals surface area contributed by atoms with Crippen molar-refractivity contribution in [3.05, 3.63) is 71.6 Å². The van der Waals surface area contributed by atoms with Crippen molar-refractivity contribution in [3.63, 3.8) is 0 Å². The van der Waals surface area contributed by atoms with Gasteiger partial charge in [0, 0.05) is 12.1 Å². The normalized spacial score (nSPS) is 27.3. The highest BCUT2D eigenvalue weighted by atomic mass is 31.1. The van der Waals surface area contributed by atoms with Crippen LogP contribution in [0.2, 0.25) is 0 Å². The van der Waals surface area contributed by atoms with Gasteiger partial charge in [0.25, 0.3) is 5.91 Å². The predicted octanol–water partition coefficient (Wildman–Crippen LogP) is 9.40. The van der Waals surface area contributed by atoms with Gasteiger partial charge in [-0.1, -0.05) is 64.5 Å². The zero-order valence-corrected chi connectivity index (χ0v) is 33.7. The minimum absolute atomic E-state index is 0.00455. The molecule has 2 N–H and O–H groups in total. The SMILES string of the molecule is C=PC(C)C(=O)N1C(c2ncc(-c3ccc4c(c3)Cc3cc(-c5cnc(C6CC7CCCCC7N6C(=O)C(C)[P+](=C)C)[nH]5)ccc3-4)[nH]2)CC2CCCCC21. The number of hydrogen-bond acceptors (Lipinski definition) is 4. The maximum atomic E-state index is 13.9. The number of rotatable bonds is 8. The summed E-state index contributed by atoms with van der Waals surface area (Å²) in [7, 11) is 0.271. The van der Waals surface area contributed by atoms with Gasteiger partial charge in [0.15, 0.2) is 5.66 Å². The van der Waals surface area contributed by atoms with E-state index in [1.165, 1.54) is 60.8 Å². The third-order valence-electron chi connectivity index (χ3n) is 13.7. The second kappa shape index (κ2) is 14.3. The van der Waals surface area contributed by atoms with Gasteiger partial charge in [0.2, 0.25) is 5.91 Å². The number of fused-ring (bicyclic) bond motifs is 5. The van der Waals surface area contributed by atoms with Crippen LogP contribution in [0.5, 0.6) is 0 Å². The van der Waals surface area contributed by atoms with E-state index >= 15 is 0 Å². The molecular weight excluding hydrogens is 706 g/mol. The summed E-state index contributed by atoms with van der Waals surface area (Å²) in [5, 5.41) is 0. The van der Waals surface area contributed by atoms with E-state index in [1.54, 1.807) is 0 Å². The Morgan fingerprint density at radius 2 is 1.26 bits per heavy atom. The van der Waals surface area contributed by atoms with Crippen LogP contribution in [0.4, 0.5) is 0 Å². The lowest BCUT2D eigenvalue weighted by molar-refractivity contribution is -0.135. The first kappa shape index (κ1) is 35.8. The van der Waals surface area contributed by atoms with Gasteiger partial charge in [-0.3, -0.25) is 9.59 Å². The molecule has 8 nitrogen and oxygen atoms in total. The molecule has 2 aromatic heterocycles. The Labute approximate surface area is 322 Å². The molecule has 2 aliphatic heterocycles. The van der Waals surface area contributed by atoms with Gasteiger partial charge < -0.3 is 19.8 Å². The van der Waals surface area contributed by atoms with E-state index in [-0.39, 0.29) is 35.2 Å². The molecule has 9 unspecified atom stereocenters. The molecule has 2 saturated heterocycles. The highest BCUT2D eigenvalue weighted by Gasteiger charge is 2.49. The van der Waals surface area contributed by atoms with Crippen LogP contribution >= 0.6 is 15.7 Å². The summed E-state index contributed by atoms with van der Waals surface area (Å²) >= 11 is 0. The van der Waals surface area contributed by atoms with Crippen molar-refractivity contribution in [2.24, 2.45) is 11.8 Å². The molecule has 0 bridgehead atoms. The Morgan fingerprint density at radius 3 is 1.74 bits per heavy atom. The quantitative estimate of drug-likeness (QED) is 0.154. The largest absolute Gasteiger partial charge is 0.340 e. The number of likely N-dealkylation sites (tertiary alicyclic amines) is 2. The summed E-state index contributed by atoms with van der Waals surface area (Å²) in [4.78, 5) is 49.1. The van der Waals surface area contributed by atoms with E-state index in [0.717, 1.165) is 74.5 Å². The highest BCUT2D eigenvalue weighted by molar-refractivity contribution is 7.56. The van der Waals surface area contributed by atoms with E-state index in [9.17, 15) is 9.59 Å². The summed E-state index contributed by atoms with van der Waals surface area (Å²) in [6.45, 7) is 6.17. The van der Waals surface area contributed by atoms with Crippen molar-refractivity contribution < 1.29 is 9.59 Å². The lowest BCUT2D eigenvalue weighted by Crippen LogP contribution is -2.44. The van der Waals surface area contributed by atoms with Crippen molar-refractivity contribution in [2.45, 2.75) is 120 Å². The van der Waals surface area contributed by atoms with Crippen LogP contribution in [-0.2, 0) is 16.0 Å². The minimum Gasteiger partial charge on any atom is -0.340 e. The second-order valence-electron chi connectivity index (χ2n) is 16.8. The monoisotopic (exact) mass is 759 g/mol. The molecule has 9 rings (SSSR count). The molecule has 54 heavy (non-hydrogen) atoms. The van der Waals surface area contributed by atoms with Crippen molar-refractivity contribution in [3.8, 4) is 33.6 Å². The number of nitrogens with zero attached hydrogens (tertiary/aromatic N) is 4. The average molecular weight is 760 g/mol. The number of nitrogens with one attached hydrogen (secondary N) is 2. The Morgan fingerprint density at radius 1 is 0.778 bits per heavy atom. The third kappa shape index (κ3) is 6.13. The van der Waals surface area contributed by atoms with Crippen molar-refractivity contribution >= 4 is 40.2 Å². The van der Waals surface area contributed by atoms with Gasteiger partial charge in [-0.15, -0.1) is 0 Å². The maximum absolute atomic E-state index is 13.9. The lowest BCUT2D eigenvalue weighted by atomic mass is 9.84. The van der Waals surface area contributed by atoms with Gasteiger partial charge in [0.1, 0.15) is 11.6 Å². The van der Waals surface area contributed by atoms with E-state index in [1.807, 2.05) is 19.3 Å². The minimum atomic E-state index is -0.601. The molecule has 4 aromatic rings. The van der Waals surface area contributed by atoms with Gasteiger partial charge in [-0.2, -0.15) is 0 Å². The highest BCUT2D eigenvalue weighted by Crippen LogP contribution is 2.49. The van der Waals surface area contributed by atoms with Gasteiger partial charge >= 0.3 is 0 Å². The van der Waals surface area contributed by atoms with Gasteiger partial charge in [0.05, 0.1) is 62.0 Å². The first-order chi connectivity index (χ1) is 26.2. The molecule has 0 radical (unpaired) electrons. The van der Waals surface area contributed by atoms with E-state index in [0.29, 0.717) is 23.9 Å². The van der Waals surface area contributed by atoms with Crippen LogP contribution in [0.3, 0.4) is 0 Å². The maximum Gasteiger partial charge on any atom is 0.271 e. The van der Waals surface area contributed by atoms with Crippen molar-refractivity contribution in [1.29, 1.82) is 0 Å². The first-order valence-electron chi connectivity index (χ1n) is 20.2. The number of carbonyl (C=O) groups is 2. The average Bonchev–Trinajstić information content (AvgIpc) is 4.03. The topological polar surface area (TPSA) is 98.0 Å². The summed E-state index contributed by atoms with van der Waals surface area (Å²) in [5.74, 6) is 3.39. The Bertz CT molecular complexity index is 2140. The summed E-state index contributed by atoms with van der Waals surface area (Å²) in [6.07, 6.45) is 24.5. The smallest absolute Gasteiger partial charge is 0.271 e. The van der Waals surface area contributed by atoms with Crippen LogP contribution in [-0.4, -0.2) is 84.2 Å². The standard InChI is InChI=1S/C44H53N6O2P2/c1-25(53-3)43(51)49-37-12-8-6-10-29(37)21-39(49)41-45-23-35(47-41)27-14-16-33-31(18-27)20-32-19-28(15-17-34(32)33)36-24-46-42(48-36)40-22-30-11-7-9-13-38(30)50(40)44(52)26(2)54(4)5/h14-19,23-26,29-30,37-40H,3-4,6-13,20-22H2,1-2,5H3,(H,45,47)(H,46,48)/q+1. The molecule has 4 heterocycles. The molecule has 0 spiro atoms. The number of amides is 2. The second-order valence-corrected chi connectivity index (χ2v) is 20.2. The van der Waals surface area contributed by atoms with Gasteiger partial charge in [-0.25, -0.2) is 9.97 Å². The fourth-order valence-electron chi connectivity index (χ4n) is 10.6. The number of aromatic nitrogens is 4. The zero-order chi connectivity index (χ0) is 37.2. The molecule has 2 aromatic carbocycles. The summed E-state index contributed by atoms with van der Waals surface area (Å²) in [5.41, 5.74) is 9.28. The van der Waals surface area contributed by atoms with Crippen LogP contribution < -0.4 is 0 Å².